The van der Waals surface area contributed by atoms with Crippen LogP contribution >= 0.6 is 0 Å². The molecule has 1 aliphatic rings. The molecule has 2 rings (SSSR count). The first kappa shape index (κ1) is 10.4. The molecule has 0 aliphatic carbocycles. The van der Waals surface area contributed by atoms with Crippen LogP contribution in [0.2, 0.25) is 0 Å². The molecule has 8 heteroatoms. The molecule has 0 bridgehead atoms. The predicted octanol–water partition coefficient (Wildman–Crippen LogP) is -0.839. The fourth-order valence-electron chi connectivity index (χ4n) is 1.46. The number of hydrogen-bond acceptors (Lipinski definition) is 7. The lowest BCUT2D eigenvalue weighted by Crippen LogP contribution is -2.20. The van der Waals surface area contributed by atoms with Gasteiger partial charge in [0.25, 0.3) is 0 Å². The molecule has 0 aromatic carbocycles. The summed E-state index contributed by atoms with van der Waals surface area (Å²) < 4.78 is 27.3. The third-order valence-electron chi connectivity index (χ3n) is 2.16. The van der Waals surface area contributed by atoms with E-state index in [0.717, 1.165) is 0 Å². The van der Waals surface area contributed by atoms with Crippen LogP contribution in [0.25, 0.3) is 0 Å². The summed E-state index contributed by atoms with van der Waals surface area (Å²) in [5.74, 6) is 0.383. The first-order chi connectivity index (χ1) is 7.09. The standard InChI is InChI=1S/C7H11N3O4S/c11-3-6-9-10-7(14-6)8-5-1-2-15(12,13)4-5/h5,11H,1-4H2,(H,8,10). The summed E-state index contributed by atoms with van der Waals surface area (Å²) in [5, 5.41) is 18.6. The summed E-state index contributed by atoms with van der Waals surface area (Å²) in [6, 6.07) is -0.0249. The van der Waals surface area contributed by atoms with Gasteiger partial charge in [-0.3, -0.25) is 0 Å². The minimum Gasteiger partial charge on any atom is -0.406 e. The molecule has 1 aliphatic heterocycles. The molecule has 1 fully saturated rings. The Kier molecular flexibility index (Phi) is 2.61. The Morgan fingerprint density at radius 3 is 2.87 bits per heavy atom. The minimum atomic E-state index is -2.92. The highest BCUT2D eigenvalue weighted by molar-refractivity contribution is 7.91. The van der Waals surface area contributed by atoms with E-state index in [0.29, 0.717) is 6.42 Å². The van der Waals surface area contributed by atoms with Crippen LogP contribution in [-0.2, 0) is 16.4 Å². The van der Waals surface area contributed by atoms with Crippen LogP contribution in [0.15, 0.2) is 4.42 Å². The Labute approximate surface area is 86.4 Å². The highest BCUT2D eigenvalue weighted by Gasteiger charge is 2.28. The van der Waals surface area contributed by atoms with E-state index >= 15 is 0 Å². The van der Waals surface area contributed by atoms with Crippen LogP contribution in [0.3, 0.4) is 0 Å². The van der Waals surface area contributed by atoms with Crippen LogP contribution in [0, 0.1) is 0 Å². The van der Waals surface area contributed by atoms with Crippen LogP contribution in [0.1, 0.15) is 12.3 Å². The quantitative estimate of drug-likeness (QED) is 0.701. The smallest absolute Gasteiger partial charge is 0.315 e. The molecule has 15 heavy (non-hydrogen) atoms. The Hall–Kier alpha value is -1.15. The zero-order chi connectivity index (χ0) is 10.9. The normalized spacial score (nSPS) is 24.2. The van der Waals surface area contributed by atoms with E-state index in [2.05, 4.69) is 15.5 Å². The summed E-state index contributed by atoms with van der Waals surface area (Å²) in [5.41, 5.74) is 0. The first-order valence-corrected chi connectivity index (χ1v) is 6.31. The highest BCUT2D eigenvalue weighted by atomic mass is 32.2. The van der Waals surface area contributed by atoms with Crippen LogP contribution < -0.4 is 5.32 Å². The van der Waals surface area contributed by atoms with E-state index in [1.165, 1.54) is 0 Å². The van der Waals surface area contributed by atoms with Gasteiger partial charge in [-0.2, -0.15) is 0 Å². The molecule has 1 saturated heterocycles. The van der Waals surface area contributed by atoms with Gasteiger partial charge in [-0.15, -0.1) is 5.10 Å². The molecule has 0 radical (unpaired) electrons. The van der Waals surface area contributed by atoms with Crippen molar-refractivity contribution in [1.82, 2.24) is 10.2 Å². The van der Waals surface area contributed by atoms with Crippen molar-refractivity contribution in [2.75, 3.05) is 16.8 Å². The van der Waals surface area contributed by atoms with E-state index in [9.17, 15) is 8.42 Å². The van der Waals surface area contributed by atoms with Crippen molar-refractivity contribution in [2.24, 2.45) is 0 Å². The largest absolute Gasteiger partial charge is 0.406 e. The van der Waals surface area contributed by atoms with Gasteiger partial charge in [0, 0.05) is 6.04 Å². The summed E-state index contributed by atoms with van der Waals surface area (Å²) >= 11 is 0. The topological polar surface area (TPSA) is 105 Å². The lowest BCUT2D eigenvalue weighted by atomic mass is 10.3. The second-order valence-electron chi connectivity index (χ2n) is 3.40. The van der Waals surface area contributed by atoms with E-state index in [4.69, 9.17) is 9.52 Å². The summed E-state index contributed by atoms with van der Waals surface area (Å²) in [6.07, 6.45) is 0.541. The average molecular weight is 233 g/mol. The molecular weight excluding hydrogens is 222 g/mol. The molecule has 84 valence electrons. The molecule has 1 unspecified atom stereocenters. The Morgan fingerprint density at radius 1 is 1.53 bits per heavy atom. The summed E-state index contributed by atoms with van der Waals surface area (Å²) in [6.45, 7) is -0.322. The van der Waals surface area contributed by atoms with Gasteiger partial charge in [0.1, 0.15) is 6.61 Å². The van der Waals surface area contributed by atoms with Gasteiger partial charge in [-0.25, -0.2) is 8.42 Å². The molecular formula is C7H11N3O4S. The number of aliphatic hydroxyl groups excluding tert-OH is 1. The van der Waals surface area contributed by atoms with Gasteiger partial charge in [0.15, 0.2) is 9.84 Å². The lowest BCUT2D eigenvalue weighted by molar-refractivity contribution is 0.241. The predicted molar refractivity (Wildman–Crippen MR) is 50.9 cm³/mol. The van der Waals surface area contributed by atoms with Gasteiger partial charge >= 0.3 is 6.01 Å². The maximum absolute atomic E-state index is 11.1. The molecule has 1 atom stereocenters. The van der Waals surface area contributed by atoms with Gasteiger partial charge in [-0.1, -0.05) is 5.10 Å². The second-order valence-corrected chi connectivity index (χ2v) is 5.63. The molecule has 0 amide bonds. The fourth-order valence-corrected chi connectivity index (χ4v) is 3.13. The Balaban J connectivity index is 1.98. The number of hydrogen-bond donors (Lipinski definition) is 2. The third kappa shape index (κ3) is 2.45. The third-order valence-corrected chi connectivity index (χ3v) is 3.93. The maximum atomic E-state index is 11.1. The number of sulfone groups is 1. The van der Waals surface area contributed by atoms with Crippen molar-refractivity contribution in [1.29, 1.82) is 0 Å². The van der Waals surface area contributed by atoms with E-state index in [-0.39, 0.29) is 36.1 Å². The Bertz CT molecular complexity index is 441. The first-order valence-electron chi connectivity index (χ1n) is 4.49. The molecule has 0 saturated carbocycles. The SMILES string of the molecule is O=S1(=O)CCC(Nc2nnc(CO)o2)C1. The van der Waals surface area contributed by atoms with Gasteiger partial charge in [-0.05, 0) is 6.42 Å². The van der Waals surface area contributed by atoms with Crippen molar-refractivity contribution in [3.63, 3.8) is 0 Å². The molecule has 2 heterocycles. The number of rotatable bonds is 3. The maximum Gasteiger partial charge on any atom is 0.315 e. The van der Waals surface area contributed by atoms with E-state index < -0.39 is 9.84 Å². The second kappa shape index (κ2) is 3.78. The number of aromatic nitrogens is 2. The lowest BCUT2D eigenvalue weighted by Gasteiger charge is -2.06. The number of anilines is 1. The molecule has 2 N–H and O–H groups in total. The van der Waals surface area contributed by atoms with Gasteiger partial charge in [0.2, 0.25) is 5.89 Å². The molecule has 1 aromatic rings. The van der Waals surface area contributed by atoms with Crippen molar-refractivity contribution in [2.45, 2.75) is 19.1 Å². The van der Waals surface area contributed by atoms with Crippen molar-refractivity contribution < 1.29 is 17.9 Å². The molecule has 7 nitrogen and oxygen atoms in total. The number of nitrogens with zero attached hydrogens (tertiary/aromatic N) is 2. The number of aliphatic hydroxyl groups is 1. The minimum absolute atomic E-state index is 0.0871. The van der Waals surface area contributed by atoms with Gasteiger partial charge < -0.3 is 14.8 Å². The van der Waals surface area contributed by atoms with Crippen LogP contribution in [0.5, 0.6) is 0 Å². The average Bonchev–Trinajstić information content (AvgIpc) is 2.73. The fraction of sp³-hybridized carbons (Fsp3) is 0.714. The van der Waals surface area contributed by atoms with Gasteiger partial charge in [0.05, 0.1) is 11.5 Å². The van der Waals surface area contributed by atoms with Crippen molar-refractivity contribution in [3.8, 4) is 0 Å². The highest BCUT2D eigenvalue weighted by Crippen LogP contribution is 2.16. The van der Waals surface area contributed by atoms with Crippen LogP contribution in [0.4, 0.5) is 6.01 Å². The summed E-state index contributed by atoms with van der Waals surface area (Å²) in [4.78, 5) is 0. The molecule has 0 spiro atoms. The number of nitrogens with one attached hydrogen (secondary N) is 1. The van der Waals surface area contributed by atoms with E-state index in [1.807, 2.05) is 0 Å². The zero-order valence-corrected chi connectivity index (χ0v) is 8.70. The van der Waals surface area contributed by atoms with Crippen molar-refractivity contribution >= 4 is 15.9 Å². The molecule has 1 aromatic heterocycles. The van der Waals surface area contributed by atoms with Crippen LogP contribution in [-0.4, -0.2) is 41.3 Å². The monoisotopic (exact) mass is 233 g/mol. The van der Waals surface area contributed by atoms with Crippen molar-refractivity contribution in [3.05, 3.63) is 5.89 Å². The zero-order valence-electron chi connectivity index (χ0n) is 7.88. The van der Waals surface area contributed by atoms with E-state index in [1.54, 1.807) is 0 Å². The summed E-state index contributed by atoms with van der Waals surface area (Å²) in [7, 11) is -2.92. The Morgan fingerprint density at radius 2 is 2.33 bits per heavy atom.